The van der Waals surface area contributed by atoms with Gasteiger partial charge in [-0.1, -0.05) is 36.7 Å². The lowest BCUT2D eigenvalue weighted by Crippen LogP contribution is -2.49. The Hall–Kier alpha value is -2.72. The summed E-state index contributed by atoms with van der Waals surface area (Å²) in [5.41, 5.74) is 3.55. The van der Waals surface area contributed by atoms with Crippen LogP contribution in [0, 0.1) is 23.7 Å². The van der Waals surface area contributed by atoms with Gasteiger partial charge < -0.3 is 19.1 Å². The van der Waals surface area contributed by atoms with Gasteiger partial charge in [0.05, 0.1) is 40.0 Å². The molecule has 7 rings (SSSR count). The summed E-state index contributed by atoms with van der Waals surface area (Å²) in [6, 6.07) is 11.7. The van der Waals surface area contributed by atoms with Gasteiger partial charge in [0, 0.05) is 55.5 Å². The van der Waals surface area contributed by atoms with Crippen molar-refractivity contribution in [2.24, 2.45) is 28.0 Å². The molecule has 0 saturated heterocycles. The van der Waals surface area contributed by atoms with E-state index in [1.54, 1.807) is 20.3 Å². The second-order valence-corrected chi connectivity index (χ2v) is 18.0. The van der Waals surface area contributed by atoms with E-state index < -0.39 is 15.6 Å². The van der Waals surface area contributed by atoms with Crippen molar-refractivity contribution in [3.05, 3.63) is 70.3 Å². The summed E-state index contributed by atoms with van der Waals surface area (Å²) in [7, 11) is 0.260. The second-order valence-electron chi connectivity index (χ2n) is 15.3. The third-order valence-electron chi connectivity index (χ3n) is 11.6. The molecule has 0 unspecified atom stereocenters. The molecule has 1 amide bonds. The van der Waals surface area contributed by atoms with Gasteiger partial charge in [0.2, 0.25) is 0 Å². The number of allylic oxidation sites excluding steroid dienone is 1. The molecule has 2 saturated carbocycles. The summed E-state index contributed by atoms with van der Waals surface area (Å²) in [5.74, 6) is 0.892. The molecule has 264 valence electrons. The Labute approximate surface area is 296 Å². The molecule has 2 bridgehead atoms. The number of methoxy groups -OCH3 is 2. The predicted molar refractivity (Wildman–Crippen MR) is 193 cm³/mol. The molecule has 10 heteroatoms. The molecule has 0 N–H and O–H groups in total. The van der Waals surface area contributed by atoms with E-state index in [1.807, 2.05) is 25.1 Å². The van der Waals surface area contributed by atoms with E-state index in [9.17, 15) is 13.8 Å². The normalized spacial score (nSPS) is 34.8. The Morgan fingerprint density at radius 3 is 2.78 bits per heavy atom. The number of nitrogens with zero attached hydrogens (tertiary/aromatic N) is 2. The lowest BCUT2D eigenvalue weighted by Gasteiger charge is -2.46. The number of aryl methyl sites for hydroxylation is 1. The van der Waals surface area contributed by atoms with Crippen molar-refractivity contribution in [2.75, 3.05) is 50.3 Å². The Bertz CT molecular complexity index is 1750. The number of Topliss-reactive ketones (excluding diaryl/α,β-unsaturated/α-hetero) is 1. The fourth-order valence-corrected chi connectivity index (χ4v) is 11.3. The zero-order chi connectivity index (χ0) is 34.3. The zero-order valence-corrected chi connectivity index (χ0v) is 30.5. The second kappa shape index (κ2) is 14.1. The van der Waals surface area contributed by atoms with Crippen molar-refractivity contribution in [2.45, 2.75) is 75.9 Å². The molecule has 0 radical (unpaired) electrons. The summed E-state index contributed by atoms with van der Waals surface area (Å²) in [4.78, 5) is 29.6. The minimum Gasteiger partial charge on any atom is -0.490 e. The molecule has 8 nitrogen and oxygen atoms in total. The average molecular weight is 709 g/mol. The van der Waals surface area contributed by atoms with E-state index in [4.69, 9.17) is 25.8 Å². The van der Waals surface area contributed by atoms with Crippen molar-refractivity contribution < 1.29 is 28.0 Å². The minimum absolute atomic E-state index is 0.0242. The predicted octanol–water partition coefficient (Wildman–Crippen LogP) is 7.05. The molecule has 5 aliphatic rings. The van der Waals surface area contributed by atoms with Crippen molar-refractivity contribution in [1.29, 1.82) is 0 Å². The number of benzene rings is 2. The number of amides is 1. The number of hydrogen-bond donors (Lipinski definition) is 0. The summed E-state index contributed by atoms with van der Waals surface area (Å²) >= 11 is 6.45. The number of fused-ring (bicyclic) bond motifs is 4. The number of halogens is 1. The summed E-state index contributed by atoms with van der Waals surface area (Å²) < 4.78 is 37.0. The number of anilines is 1. The molecule has 8 atom stereocenters. The first kappa shape index (κ1) is 34.7. The minimum atomic E-state index is -3.17. The van der Waals surface area contributed by atoms with Crippen LogP contribution in [0.15, 0.2) is 52.9 Å². The number of rotatable bonds is 6. The first-order valence-corrected chi connectivity index (χ1v) is 20.1. The molecule has 2 aromatic carbocycles. The zero-order valence-electron chi connectivity index (χ0n) is 28.9. The van der Waals surface area contributed by atoms with Gasteiger partial charge in [-0.25, -0.2) is 4.21 Å². The molecular weight excluding hydrogens is 660 g/mol. The molecule has 3 aliphatic carbocycles. The maximum absolute atomic E-state index is 14.5. The SMILES string of the molecule is CO[C@H]1/C=C/C[C@H](C)C[S@@](=O)(CC(=O)C[C@H]2C[C@H]2OC)=NC(=O)c2ccc3c(c2)N(C[C@@H]2CC[C@H]21)C[C@@]1(CCCc2cc(Cl)ccc21)CO3. The molecule has 2 heterocycles. The lowest BCUT2D eigenvalue weighted by molar-refractivity contribution is -0.117. The van der Waals surface area contributed by atoms with Crippen molar-refractivity contribution in [1.82, 2.24) is 0 Å². The van der Waals surface area contributed by atoms with Gasteiger partial charge in [0.25, 0.3) is 5.91 Å². The van der Waals surface area contributed by atoms with Crippen LogP contribution in [-0.4, -0.2) is 73.5 Å². The van der Waals surface area contributed by atoms with Crippen molar-refractivity contribution in [3.63, 3.8) is 0 Å². The highest BCUT2D eigenvalue weighted by Gasteiger charge is 2.44. The quantitative estimate of drug-likeness (QED) is 0.297. The third-order valence-corrected chi connectivity index (χ3v) is 14.2. The molecule has 49 heavy (non-hydrogen) atoms. The van der Waals surface area contributed by atoms with Gasteiger partial charge in [-0.3, -0.25) is 9.59 Å². The molecule has 1 spiro atoms. The Balaban J connectivity index is 1.27. The first-order chi connectivity index (χ1) is 23.6. The van der Waals surface area contributed by atoms with Crippen LogP contribution >= 0.6 is 11.6 Å². The van der Waals surface area contributed by atoms with Gasteiger partial charge in [-0.05, 0) is 110 Å². The number of carbonyl (C=O) groups excluding carboxylic acids is 2. The van der Waals surface area contributed by atoms with E-state index in [2.05, 4.69) is 33.5 Å². The number of ether oxygens (including phenoxy) is 3. The van der Waals surface area contributed by atoms with Gasteiger partial charge in [-0.2, -0.15) is 4.36 Å². The van der Waals surface area contributed by atoms with E-state index >= 15 is 0 Å². The fourth-order valence-electron chi connectivity index (χ4n) is 8.80. The van der Waals surface area contributed by atoms with E-state index in [1.165, 1.54) is 11.1 Å². The largest absolute Gasteiger partial charge is 0.490 e. The number of ketones is 1. The average Bonchev–Trinajstić information content (AvgIpc) is 3.83. The van der Waals surface area contributed by atoms with Crippen LogP contribution in [0.25, 0.3) is 0 Å². The van der Waals surface area contributed by atoms with E-state index in [-0.39, 0.29) is 46.7 Å². The van der Waals surface area contributed by atoms with Crippen LogP contribution in [0.3, 0.4) is 0 Å². The summed E-state index contributed by atoms with van der Waals surface area (Å²) in [6.45, 7) is 4.09. The van der Waals surface area contributed by atoms with Crippen LogP contribution in [0.1, 0.15) is 73.4 Å². The highest BCUT2D eigenvalue weighted by Crippen LogP contribution is 2.47. The highest BCUT2D eigenvalue weighted by molar-refractivity contribution is 7.94. The van der Waals surface area contributed by atoms with Crippen LogP contribution in [0.5, 0.6) is 5.75 Å². The third kappa shape index (κ3) is 7.37. The first-order valence-electron chi connectivity index (χ1n) is 17.9. The molecule has 2 aliphatic heterocycles. The fraction of sp³-hybridized carbons (Fsp3) is 0.590. The van der Waals surface area contributed by atoms with Gasteiger partial charge in [-0.15, -0.1) is 0 Å². The van der Waals surface area contributed by atoms with E-state index in [0.717, 1.165) is 68.1 Å². The molecule has 2 fully saturated rings. The van der Waals surface area contributed by atoms with Gasteiger partial charge in [0.1, 0.15) is 11.5 Å². The maximum Gasteiger partial charge on any atom is 0.285 e. The van der Waals surface area contributed by atoms with Crippen LogP contribution in [-0.2, 0) is 35.8 Å². The molecular formula is C39H49ClN2O6S. The Morgan fingerprint density at radius 2 is 2.02 bits per heavy atom. The Morgan fingerprint density at radius 1 is 1.16 bits per heavy atom. The summed E-state index contributed by atoms with van der Waals surface area (Å²) in [6.07, 6.45) is 11.4. The number of hydrogen-bond acceptors (Lipinski definition) is 7. The van der Waals surface area contributed by atoms with Gasteiger partial charge >= 0.3 is 0 Å². The topological polar surface area (TPSA) is 94.5 Å². The smallest absolute Gasteiger partial charge is 0.285 e. The van der Waals surface area contributed by atoms with Crippen molar-refractivity contribution in [3.8, 4) is 5.75 Å². The maximum atomic E-state index is 14.5. The lowest BCUT2D eigenvalue weighted by atomic mass is 9.68. The molecule has 2 aromatic rings. The highest BCUT2D eigenvalue weighted by atomic mass is 35.5. The Kier molecular flexibility index (Phi) is 10.0. The van der Waals surface area contributed by atoms with Gasteiger partial charge in [0.15, 0.2) is 0 Å². The van der Waals surface area contributed by atoms with Crippen LogP contribution in [0.2, 0.25) is 5.02 Å². The molecule has 0 aromatic heterocycles. The van der Waals surface area contributed by atoms with Crippen LogP contribution < -0.4 is 9.64 Å². The van der Waals surface area contributed by atoms with Crippen molar-refractivity contribution >= 4 is 38.7 Å². The van der Waals surface area contributed by atoms with E-state index in [0.29, 0.717) is 36.8 Å². The number of carbonyl (C=O) groups is 2. The standard InChI is InChI=1S/C39H49ClN2O6S/c1-25-6-4-8-35(46-2)32-12-9-28(32)20-42-23-39(15-5-7-26-16-30(40)11-13-33(26)39)24-48-36-14-10-27(18-34(36)42)38(44)41-49(45,21-25)22-31(43)17-29-19-37(29)47-3/h4,8,10-11,13-14,16,18,25,28-29,32,35,37H,5-7,9,12,15,17,19-24H2,1-3H3/b8-4+/t25-,28-,29-,32+,35-,37+,39-,49+/m0/s1. The summed E-state index contributed by atoms with van der Waals surface area (Å²) in [5, 5.41) is 0.751. The monoisotopic (exact) mass is 708 g/mol. The van der Waals surface area contributed by atoms with Crippen LogP contribution in [0.4, 0.5) is 5.69 Å².